The fourth-order valence-electron chi connectivity index (χ4n) is 1.08. The second-order valence-electron chi connectivity index (χ2n) is 3.08. The summed E-state index contributed by atoms with van der Waals surface area (Å²) < 4.78 is 31.0. The summed E-state index contributed by atoms with van der Waals surface area (Å²) in [4.78, 5) is 9.93. The van der Waals surface area contributed by atoms with E-state index in [0.717, 1.165) is 6.07 Å². The first-order valence-corrected chi connectivity index (χ1v) is 6.28. The predicted molar refractivity (Wildman–Crippen MR) is 62.1 cm³/mol. The van der Waals surface area contributed by atoms with Gasteiger partial charge in [0.2, 0.25) is 0 Å². The van der Waals surface area contributed by atoms with E-state index >= 15 is 0 Å². The number of ether oxygens (including phenoxy) is 1. The van der Waals surface area contributed by atoms with Gasteiger partial charge in [0.15, 0.2) is 0 Å². The van der Waals surface area contributed by atoms with Crippen LogP contribution in [-0.2, 0) is 10.0 Å². The smallest absolute Gasteiger partial charge is 0.268 e. The Kier molecular flexibility index (Phi) is 3.89. The Morgan fingerprint density at radius 2 is 2.12 bits per heavy atom. The van der Waals surface area contributed by atoms with Gasteiger partial charge in [0, 0.05) is 17.9 Å². The second-order valence-corrected chi connectivity index (χ2v) is 5.00. The van der Waals surface area contributed by atoms with Crippen molar-refractivity contribution in [3.05, 3.63) is 33.0 Å². The molecule has 0 fully saturated rings. The van der Waals surface area contributed by atoms with Crippen LogP contribution in [0.4, 0.5) is 11.4 Å². The van der Waals surface area contributed by atoms with Crippen LogP contribution in [0.3, 0.4) is 0 Å². The average Bonchev–Trinajstić information content (AvgIpc) is 2.28. The Bertz CT molecular complexity index is 526. The fourth-order valence-corrected chi connectivity index (χ4v) is 1.65. The highest BCUT2D eigenvalue weighted by atomic mass is 32.2. The summed E-state index contributed by atoms with van der Waals surface area (Å²) in [6.07, 6.45) is 0. The lowest BCUT2D eigenvalue weighted by molar-refractivity contribution is -0.384. The first-order chi connectivity index (χ1) is 7.89. The van der Waals surface area contributed by atoms with Gasteiger partial charge in [-0.1, -0.05) is 12.6 Å². The number of hydrogen-bond acceptors (Lipinski definition) is 5. The highest BCUT2D eigenvalue weighted by Crippen LogP contribution is 2.36. The Morgan fingerprint density at radius 1 is 1.47 bits per heavy atom. The van der Waals surface area contributed by atoms with Crippen LogP contribution in [0.25, 0.3) is 4.72 Å². The average molecular weight is 259 g/mol. The third-order valence-electron chi connectivity index (χ3n) is 1.98. The summed E-state index contributed by atoms with van der Waals surface area (Å²) in [6.45, 7) is 1.43. The minimum atomic E-state index is -3.63. The van der Waals surface area contributed by atoms with Crippen molar-refractivity contribution >= 4 is 21.4 Å². The van der Waals surface area contributed by atoms with Crippen LogP contribution in [0.1, 0.15) is 6.92 Å². The van der Waals surface area contributed by atoms with Gasteiger partial charge in [0.25, 0.3) is 5.69 Å². The third kappa shape index (κ3) is 3.31. The van der Waals surface area contributed by atoms with Crippen LogP contribution in [0.15, 0.2) is 18.2 Å². The Labute approximate surface area is 98.6 Å². The summed E-state index contributed by atoms with van der Waals surface area (Å²) >= 11 is 0. The van der Waals surface area contributed by atoms with Crippen molar-refractivity contribution in [1.29, 1.82) is 0 Å². The van der Waals surface area contributed by atoms with Crippen molar-refractivity contribution < 1.29 is 18.1 Å². The molecule has 0 radical (unpaired) electrons. The van der Waals surface area contributed by atoms with E-state index in [1.807, 2.05) is 0 Å². The maximum Gasteiger partial charge on any atom is 0.268 e. The van der Waals surface area contributed by atoms with Gasteiger partial charge in [-0.25, -0.2) is 8.42 Å². The lowest BCUT2D eigenvalue weighted by atomic mass is 10.2. The van der Waals surface area contributed by atoms with Crippen LogP contribution in [-0.4, -0.2) is 26.2 Å². The van der Waals surface area contributed by atoms with Gasteiger partial charge in [-0.3, -0.25) is 10.1 Å². The van der Waals surface area contributed by atoms with Gasteiger partial charge in [0.05, 0.1) is 22.1 Å². The van der Waals surface area contributed by atoms with Crippen molar-refractivity contribution in [2.75, 3.05) is 12.9 Å². The van der Waals surface area contributed by atoms with E-state index in [1.54, 1.807) is 0 Å². The normalized spacial score (nSPS) is 10.9. The van der Waals surface area contributed by atoms with Gasteiger partial charge in [-0.2, -0.15) is 0 Å². The number of sulfonamides is 1. The molecular weight excluding hydrogens is 248 g/mol. The number of rotatable bonds is 5. The van der Waals surface area contributed by atoms with Crippen LogP contribution in [0.2, 0.25) is 0 Å². The topological polar surface area (TPSA) is 101 Å². The molecule has 0 saturated carbocycles. The minimum absolute atomic E-state index is 0.0662. The van der Waals surface area contributed by atoms with E-state index in [-0.39, 0.29) is 22.9 Å². The zero-order valence-electron chi connectivity index (χ0n) is 9.28. The number of benzene rings is 1. The number of nitro benzene ring substituents is 1. The number of methoxy groups -OCH3 is 1. The summed E-state index contributed by atoms with van der Waals surface area (Å²) in [7, 11) is -2.29. The molecule has 0 atom stereocenters. The zero-order chi connectivity index (χ0) is 13.1. The van der Waals surface area contributed by atoms with E-state index in [0.29, 0.717) is 0 Å². The molecule has 0 N–H and O–H groups in total. The van der Waals surface area contributed by atoms with Gasteiger partial charge < -0.3 is 9.46 Å². The standard InChI is InChI=1S/C9H11N2O5S/c1-3-17(14,15)10-8-6-7(11(12)13)4-5-9(8)16-2/h4-6H,3H2,1-2H3/q-1. The lowest BCUT2D eigenvalue weighted by Crippen LogP contribution is -2.00. The maximum absolute atomic E-state index is 11.3. The molecule has 0 heterocycles. The quantitative estimate of drug-likeness (QED) is 0.594. The molecule has 1 aromatic carbocycles. The van der Waals surface area contributed by atoms with Crippen molar-refractivity contribution in [2.24, 2.45) is 0 Å². The molecule has 0 aromatic heterocycles. The summed E-state index contributed by atoms with van der Waals surface area (Å²) in [5.41, 5.74) is -0.306. The molecule has 0 aliphatic rings. The Balaban J connectivity index is 3.19. The molecular formula is C9H11N2O5S-. The van der Waals surface area contributed by atoms with Crippen molar-refractivity contribution in [3.63, 3.8) is 0 Å². The van der Waals surface area contributed by atoms with E-state index in [1.165, 1.54) is 26.2 Å². The molecule has 0 aliphatic carbocycles. The Morgan fingerprint density at radius 3 is 2.59 bits per heavy atom. The predicted octanol–water partition coefficient (Wildman–Crippen LogP) is 1.96. The van der Waals surface area contributed by atoms with Crippen molar-refractivity contribution in [2.45, 2.75) is 6.92 Å². The highest BCUT2D eigenvalue weighted by Gasteiger charge is 2.08. The number of nitro groups is 1. The van der Waals surface area contributed by atoms with Crippen LogP contribution < -0.4 is 4.74 Å². The molecule has 8 heteroatoms. The molecule has 7 nitrogen and oxygen atoms in total. The van der Waals surface area contributed by atoms with Crippen molar-refractivity contribution in [1.82, 2.24) is 0 Å². The van der Waals surface area contributed by atoms with E-state index in [4.69, 9.17) is 4.74 Å². The summed E-state index contributed by atoms with van der Waals surface area (Å²) in [5.74, 6) is -0.00797. The highest BCUT2D eigenvalue weighted by molar-refractivity contribution is 7.94. The number of nitrogens with zero attached hydrogens (tertiary/aromatic N) is 2. The molecule has 0 spiro atoms. The SMILES string of the molecule is CCS(=O)(=O)[N-]c1cc([N+](=O)[O-])ccc1OC. The van der Waals surface area contributed by atoms with Gasteiger partial charge >= 0.3 is 0 Å². The third-order valence-corrected chi connectivity index (χ3v) is 3.18. The van der Waals surface area contributed by atoms with E-state index < -0.39 is 14.9 Å². The molecule has 0 bridgehead atoms. The largest absolute Gasteiger partial charge is 0.574 e. The molecule has 0 saturated heterocycles. The molecule has 17 heavy (non-hydrogen) atoms. The Hall–Kier alpha value is -1.83. The zero-order valence-corrected chi connectivity index (χ0v) is 10.1. The number of hydrogen-bond donors (Lipinski definition) is 0. The molecule has 0 amide bonds. The summed E-state index contributed by atoms with van der Waals surface area (Å²) in [5, 5.41) is 10.6. The minimum Gasteiger partial charge on any atom is -0.574 e. The van der Waals surface area contributed by atoms with Gasteiger partial charge in [-0.05, 0) is 6.07 Å². The van der Waals surface area contributed by atoms with Gasteiger partial charge in [-0.15, -0.1) is 0 Å². The van der Waals surface area contributed by atoms with Crippen LogP contribution in [0.5, 0.6) is 5.75 Å². The molecule has 94 valence electrons. The first-order valence-electron chi connectivity index (χ1n) is 4.67. The van der Waals surface area contributed by atoms with Crippen LogP contribution in [0, 0.1) is 10.1 Å². The lowest BCUT2D eigenvalue weighted by Gasteiger charge is -2.22. The maximum atomic E-state index is 11.3. The molecule has 1 rings (SSSR count). The summed E-state index contributed by atoms with van der Waals surface area (Å²) in [6, 6.07) is 3.59. The molecule has 1 aromatic rings. The van der Waals surface area contributed by atoms with Gasteiger partial charge in [0.1, 0.15) is 5.75 Å². The van der Waals surface area contributed by atoms with E-state index in [2.05, 4.69) is 4.72 Å². The number of non-ortho nitro benzene ring substituents is 1. The fraction of sp³-hybridized carbons (Fsp3) is 0.333. The van der Waals surface area contributed by atoms with E-state index in [9.17, 15) is 18.5 Å². The molecule has 0 unspecified atom stereocenters. The van der Waals surface area contributed by atoms with Crippen molar-refractivity contribution in [3.8, 4) is 5.75 Å². The molecule has 0 aliphatic heterocycles. The second kappa shape index (κ2) is 5.00. The van der Waals surface area contributed by atoms with Crippen LogP contribution >= 0.6 is 0 Å². The first kappa shape index (κ1) is 13.2. The monoisotopic (exact) mass is 259 g/mol.